The van der Waals surface area contributed by atoms with Gasteiger partial charge in [-0.25, -0.2) is 4.68 Å². The maximum absolute atomic E-state index is 12.8. The van der Waals surface area contributed by atoms with Crippen molar-refractivity contribution in [3.8, 4) is 5.69 Å². The van der Waals surface area contributed by atoms with E-state index in [0.717, 1.165) is 5.56 Å². The fourth-order valence-corrected chi connectivity index (χ4v) is 3.68. The Labute approximate surface area is 171 Å². The fourth-order valence-electron chi connectivity index (χ4n) is 2.91. The highest BCUT2D eigenvalue weighted by Crippen LogP contribution is 2.19. The van der Waals surface area contributed by atoms with Gasteiger partial charge in [0.2, 0.25) is 5.91 Å². The summed E-state index contributed by atoms with van der Waals surface area (Å²) >= 11 is 1.32. The minimum atomic E-state index is -0.448. The molecule has 0 saturated carbocycles. The third kappa shape index (κ3) is 4.57. The molecule has 0 atom stereocenters. The molecule has 1 N–H and O–H groups in total. The van der Waals surface area contributed by atoms with E-state index in [2.05, 4.69) is 5.32 Å². The molecule has 1 aromatic heterocycles. The molecule has 3 aromatic rings. The second-order valence-electron chi connectivity index (χ2n) is 6.40. The van der Waals surface area contributed by atoms with Crippen LogP contribution in [0.2, 0.25) is 0 Å². The highest BCUT2D eigenvalue weighted by atomic mass is 32.2. The van der Waals surface area contributed by atoms with Gasteiger partial charge >= 0.3 is 0 Å². The zero-order chi connectivity index (χ0) is 21.0. The SMILES string of the molecule is Cc1c(NC(=O)CSCc2cccc([N+](=O)[O-])c2)c(=O)n(-c2ccccc2)n1C. The van der Waals surface area contributed by atoms with Crippen LogP contribution in [0, 0.1) is 17.0 Å². The number of nitrogens with zero attached hydrogens (tertiary/aromatic N) is 3. The highest BCUT2D eigenvalue weighted by Gasteiger charge is 2.18. The molecule has 2 aromatic carbocycles. The van der Waals surface area contributed by atoms with Crippen LogP contribution in [0.5, 0.6) is 0 Å². The number of anilines is 1. The van der Waals surface area contributed by atoms with Gasteiger partial charge in [-0.3, -0.25) is 24.4 Å². The van der Waals surface area contributed by atoms with E-state index in [9.17, 15) is 19.7 Å². The Morgan fingerprint density at radius 3 is 2.59 bits per heavy atom. The molecule has 0 aliphatic rings. The Hall–Kier alpha value is -3.33. The molecule has 1 amide bonds. The van der Waals surface area contributed by atoms with Gasteiger partial charge < -0.3 is 5.32 Å². The number of amides is 1. The van der Waals surface area contributed by atoms with E-state index in [4.69, 9.17) is 0 Å². The van der Waals surface area contributed by atoms with Crippen LogP contribution in [-0.2, 0) is 17.6 Å². The van der Waals surface area contributed by atoms with Crippen molar-refractivity contribution in [2.24, 2.45) is 7.05 Å². The van der Waals surface area contributed by atoms with Crippen molar-refractivity contribution in [1.82, 2.24) is 9.36 Å². The maximum atomic E-state index is 12.8. The van der Waals surface area contributed by atoms with Crippen LogP contribution in [0.4, 0.5) is 11.4 Å². The summed E-state index contributed by atoms with van der Waals surface area (Å²) in [6.45, 7) is 1.77. The molecule has 0 radical (unpaired) electrons. The van der Waals surface area contributed by atoms with Crippen molar-refractivity contribution in [2.75, 3.05) is 11.1 Å². The number of aromatic nitrogens is 2. The lowest BCUT2D eigenvalue weighted by Crippen LogP contribution is -2.23. The first-order valence-electron chi connectivity index (χ1n) is 8.83. The minimum absolute atomic E-state index is 0.0222. The summed E-state index contributed by atoms with van der Waals surface area (Å²) < 4.78 is 3.20. The number of hydrogen-bond donors (Lipinski definition) is 1. The third-order valence-electron chi connectivity index (χ3n) is 4.44. The van der Waals surface area contributed by atoms with Gasteiger partial charge in [-0.1, -0.05) is 30.3 Å². The van der Waals surface area contributed by atoms with E-state index in [1.165, 1.54) is 28.6 Å². The van der Waals surface area contributed by atoms with Crippen LogP contribution >= 0.6 is 11.8 Å². The standard InChI is InChI=1S/C20H20N4O4S/c1-14-19(20(26)23(22(14)2)16-8-4-3-5-9-16)21-18(25)13-29-12-15-7-6-10-17(11-15)24(27)28/h3-11H,12-13H2,1-2H3,(H,21,25). The highest BCUT2D eigenvalue weighted by molar-refractivity contribution is 7.99. The summed E-state index contributed by atoms with van der Waals surface area (Å²) in [5, 5.41) is 13.5. The molecule has 29 heavy (non-hydrogen) atoms. The maximum Gasteiger partial charge on any atom is 0.295 e. The van der Waals surface area contributed by atoms with Crippen molar-refractivity contribution in [2.45, 2.75) is 12.7 Å². The van der Waals surface area contributed by atoms with Gasteiger partial charge in [0.25, 0.3) is 11.2 Å². The Bertz CT molecular complexity index is 1110. The molecular formula is C20H20N4O4S. The average Bonchev–Trinajstić information content (AvgIpc) is 2.92. The van der Waals surface area contributed by atoms with Gasteiger partial charge in [0, 0.05) is 24.9 Å². The summed E-state index contributed by atoms with van der Waals surface area (Å²) in [7, 11) is 1.76. The molecule has 0 unspecified atom stereocenters. The van der Waals surface area contributed by atoms with Crippen LogP contribution in [0.15, 0.2) is 59.4 Å². The summed E-state index contributed by atoms with van der Waals surface area (Å²) in [6.07, 6.45) is 0. The van der Waals surface area contributed by atoms with Crippen LogP contribution in [-0.4, -0.2) is 25.9 Å². The lowest BCUT2D eigenvalue weighted by Gasteiger charge is -2.07. The zero-order valence-corrected chi connectivity index (χ0v) is 16.8. The topological polar surface area (TPSA) is 99.2 Å². The first-order chi connectivity index (χ1) is 13.9. The van der Waals surface area contributed by atoms with E-state index < -0.39 is 4.92 Å². The number of non-ortho nitro benzene ring substituents is 1. The molecule has 3 rings (SSSR count). The fraction of sp³-hybridized carbons (Fsp3) is 0.200. The Morgan fingerprint density at radius 1 is 1.17 bits per heavy atom. The van der Waals surface area contributed by atoms with Crippen molar-refractivity contribution < 1.29 is 9.72 Å². The van der Waals surface area contributed by atoms with Gasteiger partial charge in [0.1, 0.15) is 5.69 Å². The van der Waals surface area contributed by atoms with Crippen LogP contribution in [0.3, 0.4) is 0 Å². The Kier molecular flexibility index (Phi) is 6.18. The number of nitro benzene ring substituents is 1. The molecule has 0 bridgehead atoms. The van der Waals surface area contributed by atoms with Crippen molar-refractivity contribution >= 4 is 29.0 Å². The van der Waals surface area contributed by atoms with E-state index in [-0.39, 0.29) is 28.6 Å². The van der Waals surface area contributed by atoms with E-state index in [0.29, 0.717) is 17.1 Å². The first kappa shape index (κ1) is 20.4. The van der Waals surface area contributed by atoms with Crippen molar-refractivity contribution in [1.29, 1.82) is 0 Å². The number of carbonyl (C=O) groups excluding carboxylic acids is 1. The number of para-hydroxylation sites is 1. The molecule has 0 spiro atoms. The smallest absolute Gasteiger partial charge is 0.295 e. The summed E-state index contributed by atoms with van der Waals surface area (Å²) in [5.41, 5.74) is 2.10. The minimum Gasteiger partial charge on any atom is -0.319 e. The number of hydrogen-bond acceptors (Lipinski definition) is 5. The lowest BCUT2D eigenvalue weighted by atomic mass is 10.2. The number of nitrogens with one attached hydrogen (secondary N) is 1. The molecule has 150 valence electrons. The van der Waals surface area contributed by atoms with Gasteiger partial charge in [-0.15, -0.1) is 11.8 Å². The van der Waals surface area contributed by atoms with Crippen molar-refractivity contribution in [3.63, 3.8) is 0 Å². The second kappa shape index (κ2) is 8.78. The second-order valence-corrected chi connectivity index (χ2v) is 7.39. The molecule has 0 aliphatic heterocycles. The van der Waals surface area contributed by atoms with Gasteiger partial charge in [0.15, 0.2) is 0 Å². The predicted molar refractivity (Wildman–Crippen MR) is 114 cm³/mol. The zero-order valence-electron chi connectivity index (χ0n) is 16.0. The first-order valence-corrected chi connectivity index (χ1v) is 9.99. The van der Waals surface area contributed by atoms with Crippen LogP contribution in [0.25, 0.3) is 5.69 Å². The number of rotatable bonds is 7. The normalized spacial score (nSPS) is 10.7. The van der Waals surface area contributed by atoms with Gasteiger partial charge in [0.05, 0.1) is 22.1 Å². The lowest BCUT2D eigenvalue weighted by molar-refractivity contribution is -0.384. The molecule has 1 heterocycles. The number of nitro groups is 1. The number of thioether (sulfide) groups is 1. The van der Waals surface area contributed by atoms with E-state index >= 15 is 0 Å². The molecule has 0 fully saturated rings. The number of benzene rings is 2. The summed E-state index contributed by atoms with van der Waals surface area (Å²) in [5.74, 6) is 0.283. The monoisotopic (exact) mass is 412 g/mol. The average molecular weight is 412 g/mol. The Morgan fingerprint density at radius 2 is 1.90 bits per heavy atom. The van der Waals surface area contributed by atoms with E-state index in [1.54, 1.807) is 30.8 Å². The molecule has 8 nitrogen and oxygen atoms in total. The molecule has 0 saturated heterocycles. The quantitative estimate of drug-likeness (QED) is 0.474. The van der Waals surface area contributed by atoms with Gasteiger partial charge in [-0.05, 0) is 24.6 Å². The third-order valence-corrected chi connectivity index (χ3v) is 5.45. The summed E-state index contributed by atoms with van der Waals surface area (Å²) in [6, 6.07) is 15.5. The summed E-state index contributed by atoms with van der Waals surface area (Å²) in [4.78, 5) is 35.5. The van der Waals surface area contributed by atoms with Gasteiger partial charge in [-0.2, -0.15) is 0 Å². The molecular weight excluding hydrogens is 392 g/mol. The predicted octanol–water partition coefficient (Wildman–Crippen LogP) is 3.26. The molecule has 9 heteroatoms. The van der Waals surface area contributed by atoms with Crippen molar-refractivity contribution in [3.05, 3.63) is 86.3 Å². The largest absolute Gasteiger partial charge is 0.319 e. The Balaban J connectivity index is 1.66. The number of carbonyl (C=O) groups is 1. The van der Waals surface area contributed by atoms with Crippen LogP contribution in [0.1, 0.15) is 11.3 Å². The van der Waals surface area contributed by atoms with E-state index in [1.807, 2.05) is 30.3 Å². The van der Waals surface area contributed by atoms with Crippen LogP contribution < -0.4 is 10.9 Å². The molecule has 0 aliphatic carbocycles.